The molecule has 1 aliphatic rings. The average Bonchev–Trinajstić information content (AvgIpc) is 3.36. The van der Waals surface area contributed by atoms with Crippen LogP contribution < -0.4 is 4.90 Å². The van der Waals surface area contributed by atoms with Crippen LogP contribution in [0.2, 0.25) is 0 Å². The lowest BCUT2D eigenvalue weighted by molar-refractivity contribution is 0.0391. The summed E-state index contributed by atoms with van der Waals surface area (Å²) in [6.07, 6.45) is 0. The molecule has 1 amide bonds. The quantitative estimate of drug-likeness (QED) is 0.603. The summed E-state index contributed by atoms with van der Waals surface area (Å²) in [5.74, 6) is -0.0416. The minimum absolute atomic E-state index is 0.0416. The van der Waals surface area contributed by atoms with E-state index in [9.17, 15) is 4.79 Å². The number of anilines is 1. The molecular weight excluding hydrogens is 398 g/mol. The summed E-state index contributed by atoms with van der Waals surface area (Å²) < 4.78 is 8.39. The number of amides is 1. The summed E-state index contributed by atoms with van der Waals surface area (Å²) in [5, 5.41) is 5.22. The molecule has 0 unspecified atom stereocenters. The third kappa shape index (κ3) is 4.12. The largest absolute Gasteiger partial charge is 0.379 e. The van der Waals surface area contributed by atoms with Gasteiger partial charge < -0.3 is 4.74 Å². The molecule has 2 aromatic heterocycles. The molecule has 0 spiro atoms. The number of benzene rings is 1. The molecule has 8 heteroatoms. The topological polar surface area (TPSA) is 63.5 Å². The van der Waals surface area contributed by atoms with E-state index < -0.39 is 0 Å². The number of thiazole rings is 1. The van der Waals surface area contributed by atoms with Crippen LogP contribution in [0.1, 0.15) is 34.2 Å². The van der Waals surface area contributed by atoms with Crippen LogP contribution in [0.15, 0.2) is 18.2 Å². The van der Waals surface area contributed by atoms with Gasteiger partial charge in [-0.1, -0.05) is 23.5 Å². The van der Waals surface area contributed by atoms with Gasteiger partial charge in [0.25, 0.3) is 5.91 Å². The Morgan fingerprint density at radius 2 is 1.93 bits per heavy atom. The first kappa shape index (κ1) is 21.0. The minimum atomic E-state index is -0.0416. The van der Waals surface area contributed by atoms with Crippen molar-refractivity contribution >= 4 is 32.6 Å². The van der Waals surface area contributed by atoms with Gasteiger partial charge in [-0.25, -0.2) is 4.98 Å². The summed E-state index contributed by atoms with van der Waals surface area (Å²) >= 11 is 1.60. The molecule has 1 aliphatic heterocycles. The smallest absolute Gasteiger partial charge is 0.278 e. The van der Waals surface area contributed by atoms with E-state index in [-0.39, 0.29) is 5.91 Å². The fraction of sp³-hybridized carbons (Fsp3) is 0.500. The summed E-state index contributed by atoms with van der Waals surface area (Å²) in [4.78, 5) is 22.7. The molecule has 1 aromatic carbocycles. The number of aryl methyl sites for hydroxylation is 4. The van der Waals surface area contributed by atoms with Crippen molar-refractivity contribution in [3.63, 3.8) is 0 Å². The van der Waals surface area contributed by atoms with Crippen molar-refractivity contribution in [3.05, 3.63) is 40.7 Å². The molecule has 30 heavy (non-hydrogen) atoms. The number of ether oxygens (including phenoxy) is 1. The van der Waals surface area contributed by atoms with Crippen LogP contribution in [0.5, 0.6) is 0 Å². The number of morpholine rings is 1. The lowest BCUT2D eigenvalue weighted by atomic mass is 10.1. The van der Waals surface area contributed by atoms with Gasteiger partial charge in [0.2, 0.25) is 0 Å². The number of carbonyl (C=O) groups is 1. The molecule has 1 saturated heterocycles. The van der Waals surface area contributed by atoms with Crippen molar-refractivity contribution < 1.29 is 9.53 Å². The van der Waals surface area contributed by atoms with Gasteiger partial charge in [0.1, 0.15) is 5.69 Å². The Hall–Kier alpha value is -2.29. The van der Waals surface area contributed by atoms with Crippen LogP contribution in [0.4, 0.5) is 5.13 Å². The fourth-order valence-corrected chi connectivity index (χ4v) is 4.95. The van der Waals surface area contributed by atoms with Gasteiger partial charge in [0, 0.05) is 32.7 Å². The van der Waals surface area contributed by atoms with Crippen LogP contribution in [0.3, 0.4) is 0 Å². The standard InChI is InChI=1S/C22H29N5O2S/c1-5-27-18(14-17(4)24-27)21(28)26(9-8-25-10-12-29-13-11-25)22-23-19-15(2)6-7-16(3)20(19)30-22/h6-7,14H,5,8-13H2,1-4H3. The molecule has 160 valence electrons. The predicted molar refractivity (Wildman–Crippen MR) is 121 cm³/mol. The highest BCUT2D eigenvalue weighted by molar-refractivity contribution is 7.22. The summed E-state index contributed by atoms with van der Waals surface area (Å²) in [7, 11) is 0. The lowest BCUT2D eigenvalue weighted by Gasteiger charge is -2.29. The molecule has 0 N–H and O–H groups in total. The highest BCUT2D eigenvalue weighted by atomic mass is 32.1. The summed E-state index contributed by atoms with van der Waals surface area (Å²) in [5.41, 5.74) is 4.77. The van der Waals surface area contributed by atoms with Crippen LogP contribution in [-0.2, 0) is 11.3 Å². The first-order valence-electron chi connectivity index (χ1n) is 10.5. The van der Waals surface area contributed by atoms with Crippen LogP contribution in [0, 0.1) is 20.8 Å². The minimum Gasteiger partial charge on any atom is -0.379 e. The molecule has 3 heterocycles. The van der Waals surface area contributed by atoms with Crippen molar-refractivity contribution in [1.29, 1.82) is 0 Å². The first-order valence-corrected chi connectivity index (χ1v) is 11.3. The van der Waals surface area contributed by atoms with Crippen LogP contribution >= 0.6 is 11.3 Å². The van der Waals surface area contributed by atoms with Crippen molar-refractivity contribution in [1.82, 2.24) is 19.7 Å². The maximum absolute atomic E-state index is 13.6. The number of hydrogen-bond acceptors (Lipinski definition) is 6. The molecule has 1 fully saturated rings. The Morgan fingerprint density at radius 1 is 1.20 bits per heavy atom. The Morgan fingerprint density at radius 3 is 2.63 bits per heavy atom. The lowest BCUT2D eigenvalue weighted by Crippen LogP contribution is -2.43. The average molecular weight is 428 g/mol. The van der Waals surface area contributed by atoms with E-state index in [2.05, 4.69) is 36.0 Å². The highest BCUT2D eigenvalue weighted by Crippen LogP contribution is 2.33. The number of aromatic nitrogens is 3. The van der Waals surface area contributed by atoms with Gasteiger partial charge in [-0.15, -0.1) is 0 Å². The number of rotatable bonds is 6. The van der Waals surface area contributed by atoms with E-state index >= 15 is 0 Å². The van der Waals surface area contributed by atoms with E-state index in [1.54, 1.807) is 16.0 Å². The van der Waals surface area contributed by atoms with Crippen molar-refractivity contribution in [2.24, 2.45) is 0 Å². The highest BCUT2D eigenvalue weighted by Gasteiger charge is 2.26. The molecule has 0 saturated carbocycles. The first-order chi connectivity index (χ1) is 14.5. The van der Waals surface area contributed by atoms with E-state index in [0.29, 0.717) is 18.8 Å². The fourth-order valence-electron chi connectivity index (χ4n) is 3.81. The molecule has 3 aromatic rings. The van der Waals surface area contributed by atoms with E-state index in [1.165, 1.54) is 5.56 Å². The number of nitrogens with zero attached hydrogens (tertiary/aromatic N) is 5. The number of fused-ring (bicyclic) bond motifs is 1. The molecule has 0 bridgehead atoms. The summed E-state index contributed by atoms with van der Waals surface area (Å²) in [6, 6.07) is 6.09. The van der Waals surface area contributed by atoms with Crippen molar-refractivity contribution in [2.75, 3.05) is 44.3 Å². The Kier molecular flexibility index (Phi) is 6.17. The maximum Gasteiger partial charge on any atom is 0.278 e. The second kappa shape index (κ2) is 8.83. The zero-order valence-corrected chi connectivity index (χ0v) is 19.0. The zero-order chi connectivity index (χ0) is 21.3. The third-order valence-corrected chi connectivity index (χ3v) is 6.78. The molecule has 4 rings (SSSR count). The third-order valence-electron chi connectivity index (χ3n) is 5.57. The molecule has 7 nitrogen and oxygen atoms in total. The predicted octanol–water partition coefficient (Wildman–Crippen LogP) is 3.42. The molecule has 0 aliphatic carbocycles. The van der Waals surface area contributed by atoms with Gasteiger partial charge in [0.15, 0.2) is 5.13 Å². The van der Waals surface area contributed by atoms with E-state index in [1.807, 2.05) is 24.8 Å². The van der Waals surface area contributed by atoms with Gasteiger partial charge in [-0.2, -0.15) is 5.10 Å². The Bertz CT molecular complexity index is 1010. The monoisotopic (exact) mass is 427 g/mol. The van der Waals surface area contributed by atoms with Gasteiger partial charge in [-0.3, -0.25) is 19.3 Å². The number of hydrogen-bond donors (Lipinski definition) is 0. The second-order valence-electron chi connectivity index (χ2n) is 7.77. The zero-order valence-electron chi connectivity index (χ0n) is 18.1. The maximum atomic E-state index is 13.6. The Balaban J connectivity index is 1.70. The van der Waals surface area contributed by atoms with Gasteiger partial charge >= 0.3 is 0 Å². The normalized spacial score (nSPS) is 15.1. The van der Waals surface area contributed by atoms with Crippen molar-refractivity contribution in [3.8, 4) is 0 Å². The van der Waals surface area contributed by atoms with Gasteiger partial charge in [0.05, 0.1) is 29.1 Å². The molecular formula is C22H29N5O2S. The molecule has 0 radical (unpaired) electrons. The van der Waals surface area contributed by atoms with E-state index in [4.69, 9.17) is 9.72 Å². The second-order valence-corrected chi connectivity index (χ2v) is 8.75. The Labute approximate surface area is 181 Å². The van der Waals surface area contributed by atoms with Gasteiger partial charge in [-0.05, 0) is 44.9 Å². The molecule has 0 atom stereocenters. The van der Waals surface area contributed by atoms with E-state index in [0.717, 1.165) is 59.5 Å². The SMILES string of the molecule is CCn1nc(C)cc1C(=O)N(CCN1CCOCC1)c1nc2c(C)ccc(C)c2s1. The summed E-state index contributed by atoms with van der Waals surface area (Å²) in [6.45, 7) is 13.4. The number of carbonyl (C=O) groups excluding carboxylic acids is 1. The van der Waals surface area contributed by atoms with Crippen molar-refractivity contribution in [2.45, 2.75) is 34.2 Å². The van der Waals surface area contributed by atoms with Crippen LogP contribution in [0.25, 0.3) is 10.2 Å². The van der Waals surface area contributed by atoms with Crippen LogP contribution in [-0.4, -0.2) is 65.0 Å².